The van der Waals surface area contributed by atoms with E-state index in [0.29, 0.717) is 6.42 Å². The van der Waals surface area contributed by atoms with Crippen molar-refractivity contribution < 1.29 is 14.3 Å². The van der Waals surface area contributed by atoms with Crippen molar-refractivity contribution in [2.75, 3.05) is 14.2 Å². The third kappa shape index (κ3) is 3.52. The average molecular weight is 382 g/mol. The minimum atomic E-state index is -0.288. The highest BCUT2D eigenvalue weighted by Crippen LogP contribution is 2.49. The Kier molecular flexibility index (Phi) is 5.26. The molecule has 1 atom stereocenters. The van der Waals surface area contributed by atoms with Crippen LogP contribution in [-0.2, 0) is 11.2 Å². The van der Waals surface area contributed by atoms with Crippen molar-refractivity contribution in [2.45, 2.75) is 53.0 Å². The maximum atomic E-state index is 12.6. The molecule has 1 spiro atoms. The second-order valence-corrected chi connectivity index (χ2v) is 8.83. The van der Waals surface area contributed by atoms with Crippen LogP contribution < -0.4 is 9.47 Å². The number of rotatable bonds is 5. The molecule has 4 heteroatoms. The van der Waals surface area contributed by atoms with Gasteiger partial charge in [-0.2, -0.15) is 0 Å². The molecular weight excluding hydrogens is 350 g/mol. The van der Waals surface area contributed by atoms with Gasteiger partial charge in [0.1, 0.15) is 0 Å². The Hall–Kier alpha value is -2.36. The molecule has 1 aliphatic carbocycles. The van der Waals surface area contributed by atoms with Crippen molar-refractivity contribution in [3.05, 3.63) is 47.1 Å². The van der Waals surface area contributed by atoms with Crippen molar-refractivity contribution in [1.82, 2.24) is 0 Å². The largest absolute Gasteiger partial charge is 0.493 e. The summed E-state index contributed by atoms with van der Waals surface area (Å²) in [5.41, 5.74) is 3.77. The Bertz CT molecular complexity index is 889. The van der Waals surface area contributed by atoms with Crippen LogP contribution in [0.15, 0.2) is 46.5 Å². The lowest BCUT2D eigenvalue weighted by atomic mass is 9.66. The van der Waals surface area contributed by atoms with E-state index in [9.17, 15) is 4.79 Å². The number of nitrogens with zero attached hydrogens (tertiary/aromatic N) is 1. The number of aliphatic imine (C=N–C) groups is 1. The van der Waals surface area contributed by atoms with Gasteiger partial charge in [0, 0.05) is 12.1 Å². The van der Waals surface area contributed by atoms with E-state index in [2.05, 4.69) is 46.8 Å². The van der Waals surface area contributed by atoms with Crippen molar-refractivity contribution in [3.8, 4) is 11.5 Å². The first-order valence-electron chi connectivity index (χ1n) is 9.88. The fourth-order valence-corrected chi connectivity index (χ4v) is 4.48. The molecule has 28 heavy (non-hydrogen) atoms. The van der Waals surface area contributed by atoms with E-state index >= 15 is 0 Å². The van der Waals surface area contributed by atoms with Crippen LogP contribution in [-0.4, -0.2) is 31.3 Å². The smallest absolute Gasteiger partial charge is 0.181 e. The van der Waals surface area contributed by atoms with E-state index in [1.165, 1.54) is 0 Å². The fraction of sp³-hybridized carbons (Fsp3) is 0.500. The van der Waals surface area contributed by atoms with E-state index in [-0.39, 0.29) is 22.7 Å². The molecule has 0 aromatic heterocycles. The van der Waals surface area contributed by atoms with Gasteiger partial charge in [-0.05, 0) is 62.5 Å². The molecule has 0 N–H and O–H groups in total. The van der Waals surface area contributed by atoms with Crippen molar-refractivity contribution in [2.24, 2.45) is 16.3 Å². The number of carbonyl (C=O) groups is 1. The van der Waals surface area contributed by atoms with Gasteiger partial charge in [0.2, 0.25) is 0 Å². The molecule has 0 amide bonds. The third-order valence-corrected chi connectivity index (χ3v) is 5.84. The first-order chi connectivity index (χ1) is 13.1. The zero-order valence-corrected chi connectivity index (χ0v) is 18.1. The third-order valence-electron chi connectivity index (χ3n) is 5.84. The molecule has 2 aliphatic rings. The average Bonchev–Trinajstić information content (AvgIpc) is 2.88. The van der Waals surface area contributed by atoms with Gasteiger partial charge in [-0.25, -0.2) is 0 Å². The van der Waals surface area contributed by atoms with Crippen LogP contribution in [0.2, 0.25) is 0 Å². The maximum Gasteiger partial charge on any atom is 0.181 e. The van der Waals surface area contributed by atoms with Gasteiger partial charge >= 0.3 is 0 Å². The summed E-state index contributed by atoms with van der Waals surface area (Å²) in [6.45, 7) is 10.6. The highest BCUT2D eigenvalue weighted by molar-refractivity contribution is 6.10. The van der Waals surface area contributed by atoms with Crippen LogP contribution in [0.3, 0.4) is 0 Å². The number of benzene rings is 1. The molecule has 1 heterocycles. The summed E-state index contributed by atoms with van der Waals surface area (Å²) < 4.78 is 10.8. The van der Waals surface area contributed by atoms with E-state index in [0.717, 1.165) is 40.3 Å². The lowest BCUT2D eigenvalue weighted by molar-refractivity contribution is -0.112. The Morgan fingerprint density at radius 2 is 1.82 bits per heavy atom. The summed E-state index contributed by atoms with van der Waals surface area (Å²) >= 11 is 0. The molecule has 3 rings (SSSR count). The van der Waals surface area contributed by atoms with Crippen LogP contribution in [0, 0.1) is 11.3 Å². The molecule has 0 fully saturated rings. The van der Waals surface area contributed by atoms with Crippen LogP contribution in [0.25, 0.3) is 0 Å². The van der Waals surface area contributed by atoms with Crippen LogP contribution in [0.1, 0.15) is 46.6 Å². The zero-order valence-electron chi connectivity index (χ0n) is 18.1. The number of allylic oxidation sites excluding steroid dienone is 4. The summed E-state index contributed by atoms with van der Waals surface area (Å²) in [6.07, 6.45) is 5.62. The molecule has 4 nitrogen and oxygen atoms in total. The van der Waals surface area contributed by atoms with Crippen molar-refractivity contribution in [1.29, 1.82) is 0 Å². The van der Waals surface area contributed by atoms with E-state index in [1.807, 2.05) is 18.2 Å². The second-order valence-electron chi connectivity index (χ2n) is 8.83. The van der Waals surface area contributed by atoms with Gasteiger partial charge < -0.3 is 9.47 Å². The summed E-state index contributed by atoms with van der Waals surface area (Å²) in [4.78, 5) is 17.7. The minimum absolute atomic E-state index is 0.133. The fourth-order valence-electron chi connectivity index (χ4n) is 4.48. The Morgan fingerprint density at radius 3 is 2.43 bits per heavy atom. The van der Waals surface area contributed by atoms with E-state index in [1.54, 1.807) is 14.2 Å². The topological polar surface area (TPSA) is 47.9 Å². The van der Waals surface area contributed by atoms with E-state index < -0.39 is 0 Å². The van der Waals surface area contributed by atoms with Crippen LogP contribution in [0.5, 0.6) is 11.5 Å². The molecule has 0 saturated carbocycles. The Balaban J connectivity index is 2.06. The quantitative estimate of drug-likeness (QED) is 0.724. The first-order valence-corrected chi connectivity index (χ1v) is 9.88. The Labute approximate surface area is 168 Å². The maximum absolute atomic E-state index is 12.6. The first kappa shape index (κ1) is 20.4. The number of hydrogen-bond acceptors (Lipinski definition) is 4. The Morgan fingerprint density at radius 1 is 1.14 bits per heavy atom. The number of ether oxygens (including phenoxy) is 2. The van der Waals surface area contributed by atoms with Gasteiger partial charge in [0.15, 0.2) is 17.3 Å². The SMILES string of the molecule is COc1ccc(CC2=NC(C)(C)CC23C=C(C(C)C)C(=O)C=C3C)cc1OC. The molecule has 0 saturated heterocycles. The minimum Gasteiger partial charge on any atom is -0.493 e. The van der Waals surface area contributed by atoms with Crippen LogP contribution in [0.4, 0.5) is 0 Å². The highest BCUT2D eigenvalue weighted by atomic mass is 16.5. The molecule has 1 aromatic rings. The van der Waals surface area contributed by atoms with Gasteiger partial charge in [0.25, 0.3) is 0 Å². The number of hydrogen-bond donors (Lipinski definition) is 0. The van der Waals surface area contributed by atoms with Crippen LogP contribution >= 0.6 is 0 Å². The summed E-state index contributed by atoms with van der Waals surface area (Å²) in [6, 6.07) is 6.01. The summed E-state index contributed by atoms with van der Waals surface area (Å²) in [5, 5.41) is 0. The highest BCUT2D eigenvalue weighted by Gasteiger charge is 2.48. The zero-order chi connectivity index (χ0) is 20.7. The standard InChI is InChI=1S/C24H31NO3/c1-15(2)18-13-24(16(3)10-19(18)26)14-23(4,5)25-22(24)12-17-8-9-20(27-6)21(11-17)28-7/h8-11,13,15H,12,14H2,1-7H3. The van der Waals surface area contributed by atoms with Gasteiger partial charge in [-0.3, -0.25) is 9.79 Å². The molecule has 1 aromatic carbocycles. The van der Waals surface area contributed by atoms with Crippen molar-refractivity contribution in [3.63, 3.8) is 0 Å². The molecule has 0 bridgehead atoms. The predicted molar refractivity (Wildman–Crippen MR) is 113 cm³/mol. The van der Waals surface area contributed by atoms with Crippen molar-refractivity contribution >= 4 is 11.5 Å². The van der Waals surface area contributed by atoms with Gasteiger partial charge in [0.05, 0.1) is 25.2 Å². The predicted octanol–water partition coefficient (Wildman–Crippen LogP) is 4.97. The van der Waals surface area contributed by atoms with Gasteiger partial charge in [-0.1, -0.05) is 31.6 Å². The summed E-state index contributed by atoms with van der Waals surface area (Å²) in [7, 11) is 3.29. The second kappa shape index (κ2) is 7.23. The monoisotopic (exact) mass is 381 g/mol. The lowest BCUT2D eigenvalue weighted by Crippen LogP contribution is -2.34. The number of carbonyl (C=O) groups excluding carboxylic acids is 1. The molecule has 1 unspecified atom stereocenters. The number of methoxy groups -OCH3 is 2. The van der Waals surface area contributed by atoms with E-state index in [4.69, 9.17) is 14.5 Å². The number of ketones is 1. The van der Waals surface area contributed by atoms with Gasteiger partial charge in [-0.15, -0.1) is 0 Å². The lowest BCUT2D eigenvalue weighted by Gasteiger charge is -2.35. The molecule has 0 radical (unpaired) electrons. The molecule has 1 aliphatic heterocycles. The summed E-state index contributed by atoms with van der Waals surface area (Å²) in [5.74, 6) is 1.76. The molecule has 150 valence electrons. The normalized spacial score (nSPS) is 23.6. The molecular formula is C24H31NO3.